The Labute approximate surface area is 133 Å². The van der Waals surface area contributed by atoms with E-state index >= 15 is 0 Å². The van der Waals surface area contributed by atoms with E-state index in [2.05, 4.69) is 15.2 Å². The Bertz CT molecular complexity index is 784. The number of fused-ring (bicyclic) bond motifs is 2. The highest BCUT2D eigenvalue weighted by Gasteiger charge is 2.48. The molecule has 1 spiro atoms. The van der Waals surface area contributed by atoms with Crippen molar-refractivity contribution in [2.45, 2.75) is 18.3 Å². The summed E-state index contributed by atoms with van der Waals surface area (Å²) in [6.07, 6.45) is 3.05. The molecule has 2 aliphatic heterocycles. The van der Waals surface area contributed by atoms with Gasteiger partial charge in [0.25, 0.3) is 0 Å². The van der Waals surface area contributed by atoms with E-state index in [9.17, 15) is 9.18 Å². The normalized spacial score (nSPS) is 18.8. The minimum atomic E-state index is -0.507. The van der Waals surface area contributed by atoms with Gasteiger partial charge in [0.15, 0.2) is 0 Å². The Kier molecular flexibility index (Phi) is 3.01. The number of nitrogen functional groups attached to an aromatic ring is 1. The van der Waals surface area contributed by atoms with Gasteiger partial charge in [0.1, 0.15) is 11.6 Å². The molecule has 1 aromatic carbocycles. The highest BCUT2D eigenvalue weighted by Crippen LogP contribution is 2.44. The number of pyridine rings is 1. The molecule has 0 radical (unpaired) electrons. The van der Waals surface area contributed by atoms with Crippen LogP contribution in [0.15, 0.2) is 36.5 Å². The van der Waals surface area contributed by atoms with E-state index < -0.39 is 11.2 Å². The Balaban J connectivity index is 1.59. The molecule has 3 N–H and O–H groups in total. The average Bonchev–Trinajstić information content (AvgIpc) is 2.83. The largest absolute Gasteiger partial charge is 0.396 e. The lowest BCUT2D eigenvalue weighted by atomic mass is 9.74. The summed E-state index contributed by atoms with van der Waals surface area (Å²) < 4.78 is 13.7. The third kappa shape index (κ3) is 2.05. The molecule has 1 aromatic heterocycles. The number of nitrogens with one attached hydrogen (secondary N) is 1. The molecule has 3 heterocycles. The summed E-state index contributed by atoms with van der Waals surface area (Å²) in [5.74, 6) is 0.287. The van der Waals surface area contributed by atoms with Crippen molar-refractivity contribution in [1.29, 1.82) is 0 Å². The number of benzene rings is 1. The van der Waals surface area contributed by atoms with E-state index in [0.717, 1.165) is 11.3 Å². The molecule has 6 heteroatoms. The van der Waals surface area contributed by atoms with Crippen LogP contribution < -0.4 is 16.0 Å². The third-order valence-corrected chi connectivity index (χ3v) is 4.96. The average molecular weight is 312 g/mol. The fourth-order valence-electron chi connectivity index (χ4n) is 3.60. The first kappa shape index (κ1) is 14.0. The van der Waals surface area contributed by atoms with Gasteiger partial charge in [-0.05, 0) is 37.1 Å². The van der Waals surface area contributed by atoms with E-state index in [1.54, 1.807) is 12.3 Å². The summed E-state index contributed by atoms with van der Waals surface area (Å²) in [4.78, 5) is 18.8. The first-order chi connectivity index (χ1) is 11.1. The molecule has 2 aliphatic rings. The van der Waals surface area contributed by atoms with Crippen molar-refractivity contribution < 1.29 is 9.18 Å². The molecule has 0 unspecified atom stereocenters. The quantitative estimate of drug-likeness (QED) is 0.793. The molecule has 0 aliphatic carbocycles. The van der Waals surface area contributed by atoms with E-state index in [0.29, 0.717) is 31.7 Å². The number of nitrogens with zero attached hydrogens (tertiary/aromatic N) is 2. The molecule has 1 fully saturated rings. The summed E-state index contributed by atoms with van der Waals surface area (Å²) in [7, 11) is 0. The number of aromatic nitrogens is 1. The van der Waals surface area contributed by atoms with Gasteiger partial charge in [0.05, 0.1) is 11.1 Å². The zero-order chi connectivity index (χ0) is 16.0. The number of halogens is 1. The molecule has 23 heavy (non-hydrogen) atoms. The van der Waals surface area contributed by atoms with Gasteiger partial charge >= 0.3 is 0 Å². The van der Waals surface area contributed by atoms with Gasteiger partial charge in [-0.3, -0.25) is 4.79 Å². The number of hydrogen-bond donors (Lipinski definition) is 2. The van der Waals surface area contributed by atoms with Crippen molar-refractivity contribution in [2.24, 2.45) is 0 Å². The van der Waals surface area contributed by atoms with Gasteiger partial charge in [-0.15, -0.1) is 0 Å². The number of nitrogens with two attached hydrogens (primary N) is 1. The number of carbonyl (C=O) groups is 1. The van der Waals surface area contributed by atoms with Crippen LogP contribution in [-0.2, 0) is 10.2 Å². The lowest BCUT2D eigenvalue weighted by molar-refractivity contribution is -0.121. The van der Waals surface area contributed by atoms with Crippen LogP contribution in [0.3, 0.4) is 0 Å². The van der Waals surface area contributed by atoms with Crippen LogP contribution in [-0.4, -0.2) is 24.0 Å². The van der Waals surface area contributed by atoms with Gasteiger partial charge in [-0.1, -0.05) is 6.07 Å². The standard InChI is InChI=1S/C17H17FN4O/c18-13-10-11(3-4-14(13)19)22-8-5-17(6-9-22)12-2-1-7-20-15(12)21-16(17)23/h1-4,7,10H,5-6,8-9,19H2,(H,20,21,23). The zero-order valence-electron chi connectivity index (χ0n) is 12.6. The molecular formula is C17H17FN4O. The molecule has 1 amide bonds. The first-order valence-corrected chi connectivity index (χ1v) is 7.67. The van der Waals surface area contributed by atoms with E-state index in [1.165, 1.54) is 6.07 Å². The molecule has 0 saturated carbocycles. The second-order valence-corrected chi connectivity index (χ2v) is 6.13. The number of hydrogen-bond acceptors (Lipinski definition) is 4. The number of amides is 1. The molecule has 4 rings (SSSR count). The maximum Gasteiger partial charge on any atom is 0.236 e. The Morgan fingerprint density at radius 3 is 2.78 bits per heavy atom. The lowest BCUT2D eigenvalue weighted by Gasteiger charge is -2.39. The van der Waals surface area contributed by atoms with Gasteiger partial charge in [0.2, 0.25) is 5.91 Å². The van der Waals surface area contributed by atoms with Crippen LogP contribution in [0.1, 0.15) is 18.4 Å². The predicted octanol–water partition coefficient (Wildman–Crippen LogP) is 2.29. The minimum absolute atomic E-state index is 0.0225. The summed E-state index contributed by atoms with van der Waals surface area (Å²) in [6, 6.07) is 8.69. The van der Waals surface area contributed by atoms with E-state index in [1.807, 2.05) is 18.2 Å². The maximum atomic E-state index is 13.7. The number of rotatable bonds is 1. The SMILES string of the molecule is Nc1ccc(N2CCC3(CC2)C(=O)Nc2ncccc23)cc1F. The molecule has 5 nitrogen and oxygen atoms in total. The molecular weight excluding hydrogens is 295 g/mol. The maximum absolute atomic E-state index is 13.7. The lowest BCUT2D eigenvalue weighted by Crippen LogP contribution is -2.46. The summed E-state index contributed by atoms with van der Waals surface area (Å²) in [5.41, 5.74) is 6.96. The fourth-order valence-corrected chi connectivity index (χ4v) is 3.60. The second-order valence-electron chi connectivity index (χ2n) is 6.13. The van der Waals surface area contributed by atoms with E-state index in [4.69, 9.17) is 5.73 Å². The van der Waals surface area contributed by atoms with Crippen LogP contribution in [0.2, 0.25) is 0 Å². The summed E-state index contributed by atoms with van der Waals surface area (Å²) in [5, 5.41) is 2.88. The minimum Gasteiger partial charge on any atom is -0.396 e. The van der Waals surface area contributed by atoms with Gasteiger partial charge in [-0.25, -0.2) is 9.37 Å². The molecule has 1 saturated heterocycles. The van der Waals surface area contributed by atoms with Gasteiger partial charge in [0, 0.05) is 30.5 Å². The fraction of sp³-hybridized carbons (Fsp3) is 0.294. The van der Waals surface area contributed by atoms with Crippen molar-refractivity contribution in [2.75, 3.05) is 29.0 Å². The van der Waals surface area contributed by atoms with Crippen molar-refractivity contribution in [3.8, 4) is 0 Å². The van der Waals surface area contributed by atoms with E-state index in [-0.39, 0.29) is 11.6 Å². The van der Waals surface area contributed by atoms with Crippen molar-refractivity contribution in [1.82, 2.24) is 4.98 Å². The van der Waals surface area contributed by atoms with Gasteiger partial charge in [-0.2, -0.15) is 0 Å². The highest BCUT2D eigenvalue weighted by molar-refractivity contribution is 6.05. The Hall–Kier alpha value is -2.63. The van der Waals surface area contributed by atoms with Crippen molar-refractivity contribution in [3.63, 3.8) is 0 Å². The molecule has 118 valence electrons. The molecule has 0 bridgehead atoms. The Morgan fingerprint density at radius 1 is 1.26 bits per heavy atom. The second kappa shape index (κ2) is 4.94. The van der Waals surface area contributed by atoms with Crippen molar-refractivity contribution >= 4 is 23.1 Å². The number of anilines is 3. The molecule has 2 aromatic rings. The summed E-state index contributed by atoms with van der Waals surface area (Å²) in [6.45, 7) is 1.37. The number of piperidine rings is 1. The predicted molar refractivity (Wildman–Crippen MR) is 86.8 cm³/mol. The van der Waals surface area contributed by atoms with Crippen LogP contribution in [0.25, 0.3) is 0 Å². The monoisotopic (exact) mass is 312 g/mol. The number of carbonyl (C=O) groups excluding carboxylic acids is 1. The Morgan fingerprint density at radius 2 is 2.04 bits per heavy atom. The van der Waals surface area contributed by atoms with Crippen molar-refractivity contribution in [3.05, 3.63) is 47.9 Å². The topological polar surface area (TPSA) is 71.2 Å². The summed E-state index contributed by atoms with van der Waals surface area (Å²) >= 11 is 0. The highest BCUT2D eigenvalue weighted by atomic mass is 19.1. The zero-order valence-corrected chi connectivity index (χ0v) is 12.6. The third-order valence-electron chi connectivity index (χ3n) is 4.96. The van der Waals surface area contributed by atoms with Crippen LogP contribution in [0.4, 0.5) is 21.6 Å². The molecule has 0 atom stereocenters. The van der Waals surface area contributed by atoms with Crippen LogP contribution in [0.5, 0.6) is 0 Å². The smallest absolute Gasteiger partial charge is 0.236 e. The van der Waals surface area contributed by atoms with Crippen LogP contribution >= 0.6 is 0 Å². The van der Waals surface area contributed by atoms with Crippen LogP contribution in [0, 0.1) is 5.82 Å². The first-order valence-electron chi connectivity index (χ1n) is 7.67. The van der Waals surface area contributed by atoms with Gasteiger partial charge < -0.3 is 16.0 Å².